The number of nitrogens with zero attached hydrogens (tertiary/aromatic N) is 4. The molecule has 0 aliphatic heterocycles. The van der Waals surface area contributed by atoms with Crippen LogP contribution in [0.5, 0.6) is 5.75 Å². The number of carbonyl (C=O) groups is 1. The van der Waals surface area contributed by atoms with E-state index in [2.05, 4.69) is 20.8 Å². The largest absolute Gasteiger partial charge is 0.496 e. The zero-order valence-corrected chi connectivity index (χ0v) is 16.2. The third kappa shape index (κ3) is 5.21. The molecular weight excluding hydrogens is 386 g/mol. The minimum Gasteiger partial charge on any atom is -0.496 e. The first-order chi connectivity index (χ1) is 13.2. The number of rotatable bonds is 8. The van der Waals surface area contributed by atoms with Crippen LogP contribution in [0.4, 0.5) is 0 Å². The van der Waals surface area contributed by atoms with Crippen molar-refractivity contribution in [3.8, 4) is 11.4 Å². The fraction of sp³-hybridized carbons (Fsp3) is 0.222. The van der Waals surface area contributed by atoms with E-state index in [1.165, 1.54) is 11.8 Å². The Morgan fingerprint density at radius 3 is 2.93 bits per heavy atom. The number of benzene rings is 2. The van der Waals surface area contributed by atoms with E-state index in [1.807, 2.05) is 36.4 Å². The number of nitrogens with one attached hydrogen (secondary N) is 1. The molecule has 1 aromatic heterocycles. The second-order valence-corrected chi connectivity index (χ2v) is 6.93. The van der Waals surface area contributed by atoms with Crippen LogP contribution in [0.2, 0.25) is 5.02 Å². The lowest BCUT2D eigenvalue weighted by Crippen LogP contribution is -2.27. The molecule has 2 aromatic carbocycles. The molecule has 0 unspecified atom stereocenters. The summed E-state index contributed by atoms with van der Waals surface area (Å²) in [7, 11) is 1.64. The van der Waals surface area contributed by atoms with E-state index in [1.54, 1.807) is 23.9 Å². The first-order valence-electron chi connectivity index (χ1n) is 8.23. The van der Waals surface area contributed by atoms with Gasteiger partial charge in [0.2, 0.25) is 11.1 Å². The minimum absolute atomic E-state index is 0.0875. The highest BCUT2D eigenvalue weighted by molar-refractivity contribution is 7.99. The Morgan fingerprint density at radius 2 is 2.11 bits per heavy atom. The number of para-hydroxylation sites is 1. The second kappa shape index (κ2) is 9.38. The number of aromatic nitrogens is 4. The molecule has 0 saturated heterocycles. The Labute approximate surface area is 166 Å². The van der Waals surface area contributed by atoms with Gasteiger partial charge in [0.25, 0.3) is 0 Å². The molecule has 0 saturated carbocycles. The van der Waals surface area contributed by atoms with Crippen LogP contribution >= 0.6 is 23.4 Å². The average Bonchev–Trinajstić information content (AvgIpc) is 3.15. The topological polar surface area (TPSA) is 81.9 Å². The highest BCUT2D eigenvalue weighted by atomic mass is 35.5. The average molecular weight is 404 g/mol. The summed E-state index contributed by atoms with van der Waals surface area (Å²) >= 11 is 7.27. The molecule has 3 rings (SSSR count). The maximum atomic E-state index is 12.1. The molecule has 9 heteroatoms. The van der Waals surface area contributed by atoms with Crippen LogP contribution in [0.15, 0.2) is 53.7 Å². The Kier molecular flexibility index (Phi) is 6.67. The van der Waals surface area contributed by atoms with Gasteiger partial charge in [0.15, 0.2) is 0 Å². The summed E-state index contributed by atoms with van der Waals surface area (Å²) in [6.45, 7) is 0.527. The van der Waals surface area contributed by atoms with Gasteiger partial charge in [-0.15, -0.1) is 5.10 Å². The first-order valence-corrected chi connectivity index (χ1v) is 9.59. The predicted molar refractivity (Wildman–Crippen MR) is 105 cm³/mol. The molecular formula is C18H18ClN5O2S. The lowest BCUT2D eigenvalue weighted by atomic mass is 10.1. The van der Waals surface area contributed by atoms with Crippen LogP contribution in [0, 0.1) is 0 Å². The molecule has 0 aliphatic carbocycles. The second-order valence-electron chi connectivity index (χ2n) is 5.55. The maximum absolute atomic E-state index is 12.1. The van der Waals surface area contributed by atoms with Crippen LogP contribution in [0.1, 0.15) is 5.56 Å². The van der Waals surface area contributed by atoms with Crippen LogP contribution < -0.4 is 10.1 Å². The van der Waals surface area contributed by atoms with E-state index in [0.29, 0.717) is 23.1 Å². The molecule has 27 heavy (non-hydrogen) atoms. The van der Waals surface area contributed by atoms with E-state index in [-0.39, 0.29) is 11.7 Å². The molecule has 1 heterocycles. The van der Waals surface area contributed by atoms with Gasteiger partial charge in [-0.2, -0.15) is 4.68 Å². The monoisotopic (exact) mass is 403 g/mol. The highest BCUT2D eigenvalue weighted by Crippen LogP contribution is 2.20. The zero-order chi connectivity index (χ0) is 19.1. The normalized spacial score (nSPS) is 10.6. The zero-order valence-electron chi connectivity index (χ0n) is 14.6. The predicted octanol–water partition coefficient (Wildman–Crippen LogP) is 2.78. The Balaban J connectivity index is 1.51. The maximum Gasteiger partial charge on any atom is 0.230 e. The highest BCUT2D eigenvalue weighted by Gasteiger charge is 2.12. The molecule has 0 atom stereocenters. The molecule has 0 radical (unpaired) electrons. The summed E-state index contributed by atoms with van der Waals surface area (Å²) in [5, 5.41) is 15.6. The van der Waals surface area contributed by atoms with Gasteiger partial charge in [-0.1, -0.05) is 47.6 Å². The van der Waals surface area contributed by atoms with Gasteiger partial charge in [-0.25, -0.2) is 0 Å². The van der Waals surface area contributed by atoms with Crippen LogP contribution in [-0.2, 0) is 11.2 Å². The minimum atomic E-state index is -0.0875. The number of tetrazole rings is 1. The molecule has 3 aromatic rings. The van der Waals surface area contributed by atoms with Gasteiger partial charge < -0.3 is 10.1 Å². The fourth-order valence-electron chi connectivity index (χ4n) is 2.47. The summed E-state index contributed by atoms with van der Waals surface area (Å²) in [5.74, 6) is 0.949. The number of hydrogen-bond acceptors (Lipinski definition) is 6. The number of methoxy groups -OCH3 is 1. The standard InChI is InChI=1S/C18H18ClN5O2S/c1-26-16-8-3-2-5-13(16)9-10-20-17(25)12-27-18-21-22-23-24(18)15-7-4-6-14(19)11-15/h2-8,11H,9-10,12H2,1H3,(H,20,25). The molecule has 1 amide bonds. The quantitative estimate of drug-likeness (QED) is 0.582. The summed E-state index contributed by atoms with van der Waals surface area (Å²) in [6, 6.07) is 15.0. The van der Waals surface area contributed by atoms with Gasteiger partial charge in [0.05, 0.1) is 18.6 Å². The van der Waals surface area contributed by atoms with Gasteiger partial charge in [0.1, 0.15) is 5.75 Å². The number of thioether (sulfide) groups is 1. The number of amides is 1. The number of carbonyl (C=O) groups excluding carboxylic acids is 1. The van der Waals surface area contributed by atoms with Crippen molar-refractivity contribution in [2.24, 2.45) is 0 Å². The van der Waals surface area contributed by atoms with Crippen LogP contribution in [0.3, 0.4) is 0 Å². The van der Waals surface area contributed by atoms with Crippen molar-refractivity contribution < 1.29 is 9.53 Å². The van der Waals surface area contributed by atoms with Crippen molar-refractivity contribution in [3.05, 3.63) is 59.1 Å². The third-order valence-electron chi connectivity index (χ3n) is 3.74. The summed E-state index contributed by atoms with van der Waals surface area (Å²) in [4.78, 5) is 12.1. The first kappa shape index (κ1) is 19.2. The van der Waals surface area contributed by atoms with Crippen LogP contribution in [-0.4, -0.2) is 45.5 Å². The summed E-state index contributed by atoms with van der Waals surface area (Å²) in [5.41, 5.74) is 1.80. The molecule has 0 bridgehead atoms. The van der Waals surface area contributed by atoms with E-state index < -0.39 is 0 Å². The van der Waals surface area contributed by atoms with E-state index >= 15 is 0 Å². The molecule has 0 spiro atoms. The third-order valence-corrected chi connectivity index (χ3v) is 4.89. The summed E-state index contributed by atoms with van der Waals surface area (Å²) < 4.78 is 6.87. The van der Waals surface area contributed by atoms with Crippen molar-refractivity contribution in [3.63, 3.8) is 0 Å². The van der Waals surface area contributed by atoms with Gasteiger partial charge in [-0.3, -0.25) is 4.79 Å². The van der Waals surface area contributed by atoms with Crippen molar-refractivity contribution >= 4 is 29.3 Å². The van der Waals surface area contributed by atoms with Crippen LogP contribution in [0.25, 0.3) is 5.69 Å². The van der Waals surface area contributed by atoms with Crippen molar-refractivity contribution in [1.82, 2.24) is 25.5 Å². The van der Waals surface area contributed by atoms with Crippen molar-refractivity contribution in [2.75, 3.05) is 19.4 Å². The molecule has 0 fully saturated rings. The lowest BCUT2D eigenvalue weighted by molar-refractivity contribution is -0.118. The lowest BCUT2D eigenvalue weighted by Gasteiger charge is -2.09. The van der Waals surface area contributed by atoms with Crippen molar-refractivity contribution in [2.45, 2.75) is 11.6 Å². The van der Waals surface area contributed by atoms with Gasteiger partial charge >= 0.3 is 0 Å². The Bertz CT molecular complexity index is 918. The van der Waals surface area contributed by atoms with E-state index in [4.69, 9.17) is 16.3 Å². The van der Waals surface area contributed by atoms with Gasteiger partial charge in [0, 0.05) is 11.6 Å². The Morgan fingerprint density at radius 1 is 1.26 bits per heavy atom. The molecule has 1 N–H and O–H groups in total. The number of hydrogen-bond donors (Lipinski definition) is 1. The summed E-state index contributed by atoms with van der Waals surface area (Å²) in [6.07, 6.45) is 0.695. The molecule has 7 nitrogen and oxygen atoms in total. The molecule has 140 valence electrons. The SMILES string of the molecule is COc1ccccc1CCNC(=O)CSc1nnnn1-c1cccc(Cl)c1. The van der Waals surface area contributed by atoms with Gasteiger partial charge in [-0.05, 0) is 46.7 Å². The van der Waals surface area contributed by atoms with E-state index in [0.717, 1.165) is 17.0 Å². The number of halogens is 1. The number of ether oxygens (including phenoxy) is 1. The van der Waals surface area contributed by atoms with Crippen molar-refractivity contribution in [1.29, 1.82) is 0 Å². The molecule has 0 aliphatic rings. The van der Waals surface area contributed by atoms with E-state index in [9.17, 15) is 4.79 Å². The Hall–Kier alpha value is -2.58. The smallest absolute Gasteiger partial charge is 0.230 e. The fourth-order valence-corrected chi connectivity index (χ4v) is 3.37.